The van der Waals surface area contributed by atoms with Gasteiger partial charge in [0.05, 0.1) is 11.4 Å². The Bertz CT molecular complexity index is 1610. The molecule has 4 nitrogen and oxygen atoms in total. The Morgan fingerprint density at radius 1 is 0.342 bits per heavy atom. The van der Waals surface area contributed by atoms with Crippen LogP contribution in [0.2, 0.25) is 0 Å². The van der Waals surface area contributed by atoms with Crippen LogP contribution in [-0.2, 0) is 0 Å². The molecule has 2 N–H and O–H groups in total. The Kier molecular flexibility index (Phi) is 5.41. The molecule has 7 rings (SSSR count). The van der Waals surface area contributed by atoms with Gasteiger partial charge in [-0.15, -0.1) is 0 Å². The van der Waals surface area contributed by atoms with E-state index in [1.807, 2.05) is 24.5 Å². The molecule has 0 aliphatic carbocycles. The molecule has 0 bridgehead atoms. The zero-order valence-corrected chi connectivity index (χ0v) is 20.8. The Morgan fingerprint density at radius 3 is 1.00 bits per heavy atom. The fourth-order valence-corrected chi connectivity index (χ4v) is 5.42. The van der Waals surface area contributed by atoms with Gasteiger partial charge in [0.25, 0.3) is 0 Å². The summed E-state index contributed by atoms with van der Waals surface area (Å²) in [5.41, 5.74) is 4.49. The van der Waals surface area contributed by atoms with Crippen LogP contribution in [0.3, 0.4) is 0 Å². The van der Waals surface area contributed by atoms with E-state index in [1.54, 1.807) is 0 Å². The number of aromatic amines is 2. The highest BCUT2D eigenvalue weighted by atomic mass is 15.2. The molecule has 0 aliphatic rings. The van der Waals surface area contributed by atoms with Gasteiger partial charge in [0, 0.05) is 45.3 Å². The number of H-pyrrole nitrogens is 2. The molecule has 0 spiro atoms. The minimum Gasteiger partial charge on any atom is -0.348 e. The Labute approximate surface area is 221 Å². The maximum Gasteiger partial charge on any atom is 0.115 e. The van der Waals surface area contributed by atoms with Crippen molar-refractivity contribution < 1.29 is 0 Å². The van der Waals surface area contributed by atoms with Gasteiger partial charge in [-0.3, -0.25) is 9.80 Å². The van der Waals surface area contributed by atoms with E-state index in [2.05, 4.69) is 141 Å². The lowest BCUT2D eigenvalue weighted by Crippen LogP contribution is -2.14. The van der Waals surface area contributed by atoms with Crippen molar-refractivity contribution in [3.8, 4) is 0 Å². The Balaban J connectivity index is 1.62. The molecule has 0 radical (unpaired) electrons. The third-order valence-corrected chi connectivity index (χ3v) is 7.00. The summed E-state index contributed by atoms with van der Waals surface area (Å²) >= 11 is 0. The molecule has 0 fully saturated rings. The molecule has 4 heteroatoms. The zero-order chi connectivity index (χ0) is 25.3. The molecular weight excluding hydrogens is 464 g/mol. The van der Waals surface area contributed by atoms with Crippen LogP contribution in [0.4, 0.5) is 34.4 Å². The van der Waals surface area contributed by atoms with Crippen molar-refractivity contribution in [2.75, 3.05) is 9.80 Å². The van der Waals surface area contributed by atoms with Crippen LogP contribution in [-0.4, -0.2) is 9.97 Å². The van der Waals surface area contributed by atoms with Crippen molar-refractivity contribution in [3.05, 3.63) is 146 Å². The normalized spacial score (nSPS) is 11.2. The fourth-order valence-electron chi connectivity index (χ4n) is 5.42. The van der Waals surface area contributed by atoms with Crippen LogP contribution in [0, 0.1) is 0 Å². The Morgan fingerprint density at radius 2 is 0.684 bits per heavy atom. The third-order valence-electron chi connectivity index (χ3n) is 7.00. The zero-order valence-electron chi connectivity index (χ0n) is 20.8. The highest BCUT2D eigenvalue weighted by Gasteiger charge is 2.25. The van der Waals surface area contributed by atoms with Gasteiger partial charge >= 0.3 is 0 Å². The molecular formula is C34H26N4. The number of anilines is 6. The second kappa shape index (κ2) is 9.34. The second-order valence-corrected chi connectivity index (χ2v) is 9.24. The summed E-state index contributed by atoms with van der Waals surface area (Å²) in [6.07, 6.45) is 3.96. The standard InChI is InChI=1S/C34H26N4/c1-3-13-25(14-4-1)37(31-21-11-23-35-31)33-27-17-7-9-19-29(27)34(30-20-10-8-18-28(30)33)38(32-22-12-24-36-32)26-15-5-2-6-16-26/h1-24,35-36H. The van der Waals surface area contributed by atoms with Gasteiger partial charge in [0.1, 0.15) is 11.6 Å². The summed E-state index contributed by atoms with van der Waals surface area (Å²) in [4.78, 5) is 11.6. The van der Waals surface area contributed by atoms with Crippen molar-refractivity contribution in [1.82, 2.24) is 9.97 Å². The predicted octanol–water partition coefficient (Wildman–Crippen LogP) is 9.59. The smallest absolute Gasteiger partial charge is 0.115 e. The van der Waals surface area contributed by atoms with E-state index >= 15 is 0 Å². The quantitative estimate of drug-likeness (QED) is 0.180. The molecule has 0 amide bonds. The third kappa shape index (κ3) is 3.62. The topological polar surface area (TPSA) is 38.1 Å². The Hall–Kier alpha value is -5.22. The van der Waals surface area contributed by atoms with Crippen LogP contribution < -0.4 is 9.80 Å². The number of aromatic nitrogens is 2. The molecule has 0 saturated heterocycles. The van der Waals surface area contributed by atoms with Gasteiger partial charge in [-0.2, -0.15) is 0 Å². The minimum absolute atomic E-state index is 1.02. The largest absolute Gasteiger partial charge is 0.348 e. The molecule has 5 aromatic carbocycles. The van der Waals surface area contributed by atoms with E-state index < -0.39 is 0 Å². The summed E-state index contributed by atoms with van der Waals surface area (Å²) in [5.74, 6) is 2.03. The van der Waals surface area contributed by atoms with Crippen LogP contribution in [0.15, 0.2) is 146 Å². The molecule has 38 heavy (non-hydrogen) atoms. The second-order valence-electron chi connectivity index (χ2n) is 9.24. The number of rotatable bonds is 6. The van der Waals surface area contributed by atoms with Crippen LogP contribution >= 0.6 is 0 Å². The lowest BCUT2D eigenvalue weighted by molar-refractivity contribution is 1.22. The van der Waals surface area contributed by atoms with Gasteiger partial charge < -0.3 is 9.97 Å². The summed E-state index contributed by atoms with van der Waals surface area (Å²) < 4.78 is 0. The predicted molar refractivity (Wildman–Crippen MR) is 160 cm³/mol. The van der Waals surface area contributed by atoms with Gasteiger partial charge in [-0.05, 0) is 48.5 Å². The number of nitrogens with one attached hydrogen (secondary N) is 2. The van der Waals surface area contributed by atoms with E-state index in [9.17, 15) is 0 Å². The molecule has 0 saturated carbocycles. The fraction of sp³-hybridized carbons (Fsp3) is 0. The van der Waals surface area contributed by atoms with E-state index in [0.29, 0.717) is 0 Å². The molecule has 7 aromatic rings. The van der Waals surface area contributed by atoms with Crippen LogP contribution in [0.5, 0.6) is 0 Å². The number of nitrogens with zero attached hydrogens (tertiary/aromatic N) is 2. The first-order chi connectivity index (χ1) is 18.9. The van der Waals surface area contributed by atoms with Gasteiger partial charge in [0.2, 0.25) is 0 Å². The van der Waals surface area contributed by atoms with E-state index in [0.717, 1.165) is 34.4 Å². The number of benzene rings is 5. The van der Waals surface area contributed by atoms with Crippen molar-refractivity contribution in [3.63, 3.8) is 0 Å². The highest BCUT2D eigenvalue weighted by Crippen LogP contribution is 2.50. The first kappa shape index (κ1) is 22.0. The van der Waals surface area contributed by atoms with Crippen LogP contribution in [0.1, 0.15) is 0 Å². The SMILES string of the molecule is c1ccc(N(c2ccc[nH]2)c2c3ccccc3c(N(c3ccccc3)c3ccc[nH]3)c3ccccc23)cc1. The van der Waals surface area contributed by atoms with E-state index in [4.69, 9.17) is 0 Å². The number of hydrogen-bond acceptors (Lipinski definition) is 2. The lowest BCUT2D eigenvalue weighted by atomic mass is 9.96. The van der Waals surface area contributed by atoms with Gasteiger partial charge in [-0.1, -0.05) is 84.9 Å². The van der Waals surface area contributed by atoms with Crippen molar-refractivity contribution in [1.29, 1.82) is 0 Å². The first-order valence-corrected chi connectivity index (χ1v) is 12.8. The molecule has 0 unspecified atom stereocenters. The average molecular weight is 491 g/mol. The average Bonchev–Trinajstić information content (AvgIpc) is 3.71. The van der Waals surface area contributed by atoms with E-state index in [-0.39, 0.29) is 0 Å². The van der Waals surface area contributed by atoms with Crippen molar-refractivity contribution >= 4 is 55.9 Å². The summed E-state index contributed by atoms with van der Waals surface area (Å²) in [7, 11) is 0. The maximum absolute atomic E-state index is 3.46. The van der Waals surface area contributed by atoms with E-state index in [1.165, 1.54) is 21.5 Å². The monoisotopic (exact) mass is 490 g/mol. The number of fused-ring (bicyclic) bond motifs is 2. The van der Waals surface area contributed by atoms with Crippen molar-refractivity contribution in [2.24, 2.45) is 0 Å². The molecule has 2 heterocycles. The first-order valence-electron chi connectivity index (χ1n) is 12.8. The molecule has 0 aliphatic heterocycles. The number of para-hydroxylation sites is 2. The van der Waals surface area contributed by atoms with Crippen LogP contribution in [0.25, 0.3) is 21.5 Å². The summed E-state index contributed by atoms with van der Waals surface area (Å²) in [5, 5.41) is 4.69. The van der Waals surface area contributed by atoms with Gasteiger partial charge in [0.15, 0.2) is 0 Å². The number of hydrogen-bond donors (Lipinski definition) is 2. The molecule has 2 aromatic heterocycles. The minimum atomic E-state index is 1.02. The summed E-state index contributed by atoms with van der Waals surface area (Å²) in [6, 6.07) is 46.9. The lowest BCUT2D eigenvalue weighted by Gasteiger charge is -2.31. The van der Waals surface area contributed by atoms with Crippen molar-refractivity contribution in [2.45, 2.75) is 0 Å². The molecule has 182 valence electrons. The molecule has 0 atom stereocenters. The maximum atomic E-state index is 3.46. The highest BCUT2D eigenvalue weighted by molar-refractivity contribution is 6.23. The van der Waals surface area contributed by atoms with Gasteiger partial charge in [-0.25, -0.2) is 0 Å². The summed E-state index contributed by atoms with van der Waals surface area (Å²) in [6.45, 7) is 0.